The number of hydrogen-bond donors (Lipinski definition) is 1. The van der Waals surface area contributed by atoms with Crippen molar-refractivity contribution in [1.29, 1.82) is 0 Å². The normalized spacial score (nSPS) is 28.0. The van der Waals surface area contributed by atoms with E-state index in [4.69, 9.17) is 23.2 Å². The number of hydrogen-bond acceptors (Lipinski definition) is 3. The van der Waals surface area contributed by atoms with Crippen molar-refractivity contribution in [2.24, 2.45) is 11.0 Å². The molecule has 3 amide bonds. The smallest absolute Gasteiger partial charge is 0.321 e. The number of hydrazone groups is 1. The van der Waals surface area contributed by atoms with Crippen molar-refractivity contribution in [3.05, 3.63) is 33.8 Å². The van der Waals surface area contributed by atoms with Crippen LogP contribution in [0.2, 0.25) is 10.0 Å². The molecule has 1 aromatic rings. The van der Waals surface area contributed by atoms with E-state index in [-0.39, 0.29) is 5.91 Å². The number of nitrogens with one attached hydrogen (secondary N) is 1. The van der Waals surface area contributed by atoms with Crippen molar-refractivity contribution in [3.63, 3.8) is 0 Å². The Labute approximate surface area is 144 Å². The molecule has 1 saturated heterocycles. The minimum Gasteiger partial charge on any atom is -0.321 e. The van der Waals surface area contributed by atoms with Crippen molar-refractivity contribution in [1.82, 2.24) is 10.3 Å². The number of imide groups is 1. The third-order valence-corrected chi connectivity index (χ3v) is 5.40. The zero-order valence-electron chi connectivity index (χ0n) is 12.7. The lowest BCUT2D eigenvalue weighted by atomic mass is 9.77. The van der Waals surface area contributed by atoms with E-state index in [1.165, 1.54) is 6.21 Å². The molecule has 0 bridgehead atoms. The van der Waals surface area contributed by atoms with E-state index in [0.29, 0.717) is 34.4 Å². The molecule has 1 spiro atoms. The maximum Gasteiger partial charge on any atom is 0.346 e. The van der Waals surface area contributed by atoms with Crippen molar-refractivity contribution in [3.8, 4) is 0 Å². The van der Waals surface area contributed by atoms with Crippen molar-refractivity contribution >= 4 is 41.4 Å². The monoisotopic (exact) mass is 353 g/mol. The quantitative estimate of drug-likeness (QED) is 0.648. The summed E-state index contributed by atoms with van der Waals surface area (Å²) >= 11 is 12.0. The van der Waals surface area contributed by atoms with Crippen molar-refractivity contribution in [2.45, 2.75) is 38.1 Å². The van der Waals surface area contributed by atoms with E-state index in [2.05, 4.69) is 17.3 Å². The van der Waals surface area contributed by atoms with E-state index in [1.54, 1.807) is 18.2 Å². The Morgan fingerprint density at radius 2 is 2.00 bits per heavy atom. The van der Waals surface area contributed by atoms with Gasteiger partial charge in [-0.15, -0.1) is 5.01 Å². The van der Waals surface area contributed by atoms with Crippen LogP contribution < -0.4 is 5.32 Å². The second-order valence-corrected chi connectivity index (χ2v) is 6.98. The van der Waals surface area contributed by atoms with Gasteiger partial charge in [-0.25, -0.2) is 4.79 Å². The largest absolute Gasteiger partial charge is 0.346 e. The third-order valence-electron chi connectivity index (χ3n) is 4.56. The Hall–Kier alpha value is -1.59. The molecule has 0 aromatic heterocycles. The van der Waals surface area contributed by atoms with Crippen LogP contribution in [0.3, 0.4) is 0 Å². The van der Waals surface area contributed by atoms with Crippen LogP contribution in [-0.4, -0.2) is 28.7 Å². The lowest BCUT2D eigenvalue weighted by Crippen LogP contribution is -2.49. The van der Waals surface area contributed by atoms with E-state index in [1.807, 2.05) is 0 Å². The maximum absolute atomic E-state index is 12.6. The first-order chi connectivity index (χ1) is 10.9. The Morgan fingerprint density at radius 3 is 2.70 bits per heavy atom. The fraction of sp³-hybridized carbons (Fsp3) is 0.438. The highest BCUT2D eigenvalue weighted by molar-refractivity contribution is 6.43. The minimum atomic E-state index is -0.793. The van der Waals surface area contributed by atoms with Crippen LogP contribution in [-0.2, 0) is 4.79 Å². The summed E-state index contributed by atoms with van der Waals surface area (Å²) in [7, 11) is 0. The number of rotatable bonds is 2. The molecule has 2 aliphatic rings. The molecule has 122 valence electrons. The molecule has 7 heteroatoms. The zero-order chi connectivity index (χ0) is 16.6. The predicted octanol–water partition coefficient (Wildman–Crippen LogP) is 3.83. The molecule has 5 nitrogen and oxygen atoms in total. The highest BCUT2D eigenvalue weighted by Gasteiger charge is 2.52. The van der Waals surface area contributed by atoms with Gasteiger partial charge in [0.25, 0.3) is 5.91 Å². The molecule has 1 aliphatic heterocycles. The van der Waals surface area contributed by atoms with Crippen LogP contribution in [0.5, 0.6) is 0 Å². The average Bonchev–Trinajstić information content (AvgIpc) is 2.75. The van der Waals surface area contributed by atoms with E-state index in [0.717, 1.165) is 17.9 Å². The number of urea groups is 1. The van der Waals surface area contributed by atoms with E-state index < -0.39 is 11.6 Å². The van der Waals surface area contributed by atoms with Crippen LogP contribution in [0.1, 0.15) is 38.2 Å². The predicted molar refractivity (Wildman–Crippen MR) is 89.8 cm³/mol. The number of nitrogens with zero attached hydrogens (tertiary/aromatic N) is 2. The van der Waals surface area contributed by atoms with Gasteiger partial charge >= 0.3 is 6.03 Å². The number of carbonyl (C=O) groups excluding carboxylic acids is 2. The van der Waals surface area contributed by atoms with Gasteiger partial charge in [0.05, 0.1) is 16.3 Å². The number of amides is 3. The highest BCUT2D eigenvalue weighted by atomic mass is 35.5. The molecule has 0 unspecified atom stereocenters. The van der Waals surface area contributed by atoms with Gasteiger partial charge < -0.3 is 5.32 Å². The van der Waals surface area contributed by atoms with Gasteiger partial charge in [-0.05, 0) is 37.7 Å². The number of benzene rings is 1. The topological polar surface area (TPSA) is 61.8 Å². The molecule has 1 aliphatic carbocycles. The molecule has 3 rings (SSSR count). The SMILES string of the molecule is CC1CCC2(CC1)NC(=O)N(/N=C/c1cccc(Cl)c1Cl)C2=O. The minimum absolute atomic E-state index is 0.288. The summed E-state index contributed by atoms with van der Waals surface area (Å²) in [5, 5.41) is 8.48. The first-order valence-electron chi connectivity index (χ1n) is 7.58. The summed E-state index contributed by atoms with van der Waals surface area (Å²) in [6.45, 7) is 2.16. The molecule has 1 aromatic carbocycles. The van der Waals surface area contributed by atoms with Gasteiger partial charge in [0.15, 0.2) is 0 Å². The molecular formula is C16H17Cl2N3O2. The summed E-state index contributed by atoms with van der Waals surface area (Å²) in [5.74, 6) is 0.289. The fourth-order valence-electron chi connectivity index (χ4n) is 3.04. The van der Waals surface area contributed by atoms with E-state index in [9.17, 15) is 9.59 Å². The molecule has 2 fully saturated rings. The first-order valence-corrected chi connectivity index (χ1v) is 8.33. The molecule has 0 atom stereocenters. The van der Waals surface area contributed by atoms with Gasteiger partial charge in [-0.2, -0.15) is 5.10 Å². The summed E-state index contributed by atoms with van der Waals surface area (Å²) < 4.78 is 0. The molecule has 1 heterocycles. The summed E-state index contributed by atoms with van der Waals surface area (Å²) in [5.41, 5.74) is -0.239. The van der Waals surface area contributed by atoms with Gasteiger partial charge in [0.2, 0.25) is 0 Å². The first kappa shape index (κ1) is 16.3. The Bertz CT molecular complexity index is 682. The summed E-state index contributed by atoms with van der Waals surface area (Å²) in [4.78, 5) is 24.8. The lowest BCUT2D eigenvalue weighted by molar-refractivity contribution is -0.132. The number of carbonyl (C=O) groups is 2. The lowest BCUT2D eigenvalue weighted by Gasteiger charge is -2.33. The van der Waals surface area contributed by atoms with Crippen molar-refractivity contribution < 1.29 is 9.59 Å². The summed E-state index contributed by atoms with van der Waals surface area (Å²) in [6.07, 6.45) is 4.54. The van der Waals surface area contributed by atoms with Crippen LogP contribution in [0.25, 0.3) is 0 Å². The fourth-order valence-corrected chi connectivity index (χ4v) is 3.40. The molecular weight excluding hydrogens is 337 g/mol. The second kappa shape index (κ2) is 6.13. The Kier molecular flexibility index (Phi) is 4.34. The average molecular weight is 354 g/mol. The molecule has 1 N–H and O–H groups in total. The number of halogens is 2. The molecule has 23 heavy (non-hydrogen) atoms. The maximum atomic E-state index is 12.6. The van der Waals surface area contributed by atoms with Gasteiger partial charge in [-0.3, -0.25) is 4.79 Å². The summed E-state index contributed by atoms with van der Waals surface area (Å²) in [6, 6.07) is 4.62. The van der Waals surface area contributed by atoms with E-state index >= 15 is 0 Å². The standard InChI is InChI=1S/C16H17Cl2N3O2/c1-10-5-7-16(8-6-10)14(22)21(15(23)20-16)19-9-11-3-2-4-12(17)13(11)18/h2-4,9-10H,5-8H2,1H3,(H,20,23)/b19-9+. The molecule has 0 radical (unpaired) electrons. The third kappa shape index (κ3) is 2.95. The van der Waals surface area contributed by atoms with Crippen LogP contribution in [0, 0.1) is 5.92 Å². The Morgan fingerprint density at radius 1 is 1.30 bits per heavy atom. The van der Waals surface area contributed by atoms with Crippen molar-refractivity contribution in [2.75, 3.05) is 0 Å². The zero-order valence-corrected chi connectivity index (χ0v) is 14.2. The van der Waals surface area contributed by atoms with Gasteiger partial charge in [0, 0.05) is 5.56 Å². The van der Waals surface area contributed by atoms with Crippen LogP contribution in [0.4, 0.5) is 4.79 Å². The molecule has 1 saturated carbocycles. The van der Waals surface area contributed by atoms with Crippen LogP contribution >= 0.6 is 23.2 Å². The van der Waals surface area contributed by atoms with Gasteiger partial charge in [0.1, 0.15) is 5.54 Å². The second-order valence-electron chi connectivity index (χ2n) is 6.20. The highest BCUT2D eigenvalue weighted by Crippen LogP contribution is 2.36. The Balaban J connectivity index is 1.81. The van der Waals surface area contributed by atoms with Gasteiger partial charge in [-0.1, -0.05) is 42.3 Å². The van der Waals surface area contributed by atoms with Crippen LogP contribution in [0.15, 0.2) is 23.3 Å².